The highest BCUT2D eigenvalue weighted by Gasteiger charge is 2.08. The second-order valence-corrected chi connectivity index (χ2v) is 6.87. The maximum atomic E-state index is 5.99. The minimum atomic E-state index is 0.380. The van der Waals surface area contributed by atoms with E-state index in [9.17, 15) is 0 Å². The highest BCUT2D eigenvalue weighted by Crippen LogP contribution is 2.32. The van der Waals surface area contributed by atoms with E-state index < -0.39 is 0 Å². The van der Waals surface area contributed by atoms with Gasteiger partial charge in [0.1, 0.15) is 4.34 Å². The van der Waals surface area contributed by atoms with E-state index in [1.807, 2.05) is 0 Å². The Morgan fingerprint density at radius 3 is 2.94 bits per heavy atom. The van der Waals surface area contributed by atoms with Crippen molar-refractivity contribution in [1.82, 2.24) is 5.32 Å². The molecule has 0 spiro atoms. The van der Waals surface area contributed by atoms with Gasteiger partial charge < -0.3 is 5.32 Å². The summed E-state index contributed by atoms with van der Waals surface area (Å²) in [7, 11) is 0. The number of nitrogens with one attached hydrogen (secondary N) is 1. The molecule has 0 saturated carbocycles. The molecule has 86 valence electrons. The van der Waals surface area contributed by atoms with Crippen molar-refractivity contribution in [2.75, 3.05) is 0 Å². The quantitative estimate of drug-likeness (QED) is 0.821. The molecule has 2 heterocycles. The highest BCUT2D eigenvalue weighted by atomic mass is 79.9. The lowest BCUT2D eigenvalue weighted by atomic mass is 10.2. The van der Waals surface area contributed by atoms with E-state index in [-0.39, 0.29) is 0 Å². The number of rotatable bonds is 4. The van der Waals surface area contributed by atoms with Crippen LogP contribution in [0, 0.1) is 0 Å². The van der Waals surface area contributed by atoms with Gasteiger partial charge in [-0.15, -0.1) is 11.3 Å². The first-order chi connectivity index (χ1) is 7.66. The zero-order valence-electron chi connectivity index (χ0n) is 8.67. The van der Waals surface area contributed by atoms with Gasteiger partial charge in [0.15, 0.2) is 0 Å². The van der Waals surface area contributed by atoms with Gasteiger partial charge in [-0.2, -0.15) is 11.3 Å². The van der Waals surface area contributed by atoms with E-state index in [1.165, 1.54) is 10.4 Å². The summed E-state index contributed by atoms with van der Waals surface area (Å²) in [6.07, 6.45) is 0. The molecule has 0 saturated heterocycles. The van der Waals surface area contributed by atoms with E-state index in [2.05, 4.69) is 51.1 Å². The smallest absolute Gasteiger partial charge is 0.107 e. The standard InChI is InChI=1S/C11H11BrClNS2/c1-7(8-2-3-15-6-8)14-5-9-4-10(12)11(13)16-9/h2-4,6-7,14H,5H2,1H3. The third kappa shape index (κ3) is 3.08. The van der Waals surface area contributed by atoms with E-state index >= 15 is 0 Å². The summed E-state index contributed by atoms with van der Waals surface area (Å²) in [6, 6.07) is 4.60. The van der Waals surface area contributed by atoms with Crippen LogP contribution in [0.5, 0.6) is 0 Å². The van der Waals surface area contributed by atoms with Gasteiger partial charge in [0.05, 0.1) is 0 Å². The Balaban J connectivity index is 1.92. The Bertz CT molecular complexity index is 433. The molecule has 0 amide bonds. The minimum Gasteiger partial charge on any atom is -0.305 e. The van der Waals surface area contributed by atoms with Crippen molar-refractivity contribution in [2.24, 2.45) is 0 Å². The van der Waals surface area contributed by atoms with Crippen molar-refractivity contribution < 1.29 is 0 Å². The van der Waals surface area contributed by atoms with Gasteiger partial charge in [0, 0.05) is 21.9 Å². The highest BCUT2D eigenvalue weighted by molar-refractivity contribution is 9.10. The molecule has 0 bridgehead atoms. The molecule has 0 aliphatic rings. The Morgan fingerprint density at radius 2 is 2.38 bits per heavy atom. The predicted molar refractivity (Wildman–Crippen MR) is 76.6 cm³/mol. The largest absolute Gasteiger partial charge is 0.305 e. The molecular weight excluding hydrogens is 326 g/mol. The van der Waals surface area contributed by atoms with Crippen molar-refractivity contribution in [3.05, 3.63) is 42.1 Å². The van der Waals surface area contributed by atoms with Gasteiger partial charge in [-0.1, -0.05) is 11.6 Å². The number of hydrogen-bond donors (Lipinski definition) is 1. The molecule has 0 aromatic carbocycles. The molecular formula is C11H11BrClNS2. The van der Waals surface area contributed by atoms with Crippen LogP contribution in [0.15, 0.2) is 27.4 Å². The summed E-state index contributed by atoms with van der Waals surface area (Å²) in [6.45, 7) is 3.03. The molecule has 2 aromatic rings. The van der Waals surface area contributed by atoms with Crippen LogP contribution in [0.3, 0.4) is 0 Å². The molecule has 1 nitrogen and oxygen atoms in total. The van der Waals surface area contributed by atoms with Crippen LogP contribution < -0.4 is 5.32 Å². The van der Waals surface area contributed by atoms with E-state index in [4.69, 9.17) is 11.6 Å². The molecule has 0 aliphatic heterocycles. The normalized spacial score (nSPS) is 12.9. The Hall–Kier alpha value is 0.130. The second kappa shape index (κ2) is 5.65. The van der Waals surface area contributed by atoms with E-state index in [0.29, 0.717) is 6.04 Å². The van der Waals surface area contributed by atoms with Gasteiger partial charge in [-0.25, -0.2) is 0 Å². The molecule has 1 N–H and O–H groups in total. The topological polar surface area (TPSA) is 12.0 Å². The molecule has 0 radical (unpaired) electrons. The maximum Gasteiger partial charge on any atom is 0.107 e. The molecule has 5 heteroatoms. The van der Waals surface area contributed by atoms with Gasteiger partial charge in [-0.3, -0.25) is 0 Å². The lowest BCUT2D eigenvalue weighted by Gasteiger charge is -2.10. The van der Waals surface area contributed by atoms with Crippen LogP contribution in [-0.4, -0.2) is 0 Å². The SMILES string of the molecule is CC(NCc1cc(Br)c(Cl)s1)c1ccsc1. The van der Waals surface area contributed by atoms with Crippen LogP contribution in [0.2, 0.25) is 4.34 Å². The number of thiophene rings is 2. The molecule has 0 aliphatic carbocycles. The van der Waals surface area contributed by atoms with Crippen LogP contribution in [0.1, 0.15) is 23.4 Å². The van der Waals surface area contributed by atoms with Crippen LogP contribution in [0.4, 0.5) is 0 Å². The van der Waals surface area contributed by atoms with Gasteiger partial charge in [0.2, 0.25) is 0 Å². The van der Waals surface area contributed by atoms with Crippen LogP contribution in [0.25, 0.3) is 0 Å². The van der Waals surface area contributed by atoms with E-state index in [0.717, 1.165) is 15.4 Å². The molecule has 16 heavy (non-hydrogen) atoms. The third-order valence-electron chi connectivity index (χ3n) is 2.32. The van der Waals surface area contributed by atoms with Crippen molar-refractivity contribution in [1.29, 1.82) is 0 Å². The molecule has 1 unspecified atom stereocenters. The first kappa shape index (κ1) is 12.6. The van der Waals surface area contributed by atoms with Crippen LogP contribution >= 0.6 is 50.2 Å². The Labute approximate surface area is 117 Å². The van der Waals surface area contributed by atoms with Crippen molar-refractivity contribution in [3.63, 3.8) is 0 Å². The van der Waals surface area contributed by atoms with Crippen molar-refractivity contribution >= 4 is 50.2 Å². The average Bonchev–Trinajstić information content (AvgIpc) is 2.86. The Kier molecular flexibility index (Phi) is 4.44. The average molecular weight is 337 g/mol. The van der Waals surface area contributed by atoms with Gasteiger partial charge in [0.25, 0.3) is 0 Å². The monoisotopic (exact) mass is 335 g/mol. The van der Waals surface area contributed by atoms with Gasteiger partial charge >= 0.3 is 0 Å². The number of halogens is 2. The minimum absolute atomic E-state index is 0.380. The summed E-state index contributed by atoms with van der Waals surface area (Å²) in [4.78, 5) is 1.25. The fourth-order valence-corrected chi connectivity index (χ4v) is 3.87. The molecule has 2 aromatic heterocycles. The summed E-state index contributed by atoms with van der Waals surface area (Å²) in [5.74, 6) is 0. The zero-order chi connectivity index (χ0) is 11.5. The van der Waals surface area contributed by atoms with E-state index in [1.54, 1.807) is 22.7 Å². The fraction of sp³-hybridized carbons (Fsp3) is 0.273. The second-order valence-electron chi connectivity index (χ2n) is 3.49. The number of hydrogen-bond acceptors (Lipinski definition) is 3. The summed E-state index contributed by atoms with van der Waals surface area (Å²) < 4.78 is 1.80. The maximum absolute atomic E-state index is 5.99. The lowest BCUT2D eigenvalue weighted by Crippen LogP contribution is -2.16. The third-order valence-corrected chi connectivity index (χ3v) is 5.50. The fourth-order valence-electron chi connectivity index (χ4n) is 1.37. The summed E-state index contributed by atoms with van der Waals surface area (Å²) in [5, 5.41) is 7.76. The first-order valence-electron chi connectivity index (χ1n) is 4.86. The molecule has 0 fully saturated rings. The summed E-state index contributed by atoms with van der Waals surface area (Å²) in [5.41, 5.74) is 1.34. The van der Waals surface area contributed by atoms with Crippen molar-refractivity contribution in [3.8, 4) is 0 Å². The summed E-state index contributed by atoms with van der Waals surface area (Å²) >= 11 is 12.7. The zero-order valence-corrected chi connectivity index (χ0v) is 12.6. The Morgan fingerprint density at radius 1 is 1.56 bits per heavy atom. The van der Waals surface area contributed by atoms with Gasteiger partial charge in [-0.05, 0) is 51.3 Å². The predicted octanol–water partition coefficient (Wildman–Crippen LogP) is 5.08. The molecule has 2 rings (SSSR count). The molecule has 1 atom stereocenters. The lowest BCUT2D eigenvalue weighted by molar-refractivity contribution is 0.580. The van der Waals surface area contributed by atoms with Crippen molar-refractivity contribution in [2.45, 2.75) is 19.5 Å². The van der Waals surface area contributed by atoms with Crippen LogP contribution in [-0.2, 0) is 6.54 Å². The first-order valence-corrected chi connectivity index (χ1v) is 7.79.